The van der Waals surface area contributed by atoms with Gasteiger partial charge in [-0.2, -0.15) is 0 Å². The maximum Gasteiger partial charge on any atom is 0.0540 e. The first-order valence-electron chi connectivity index (χ1n) is 19.8. The second-order valence-electron chi connectivity index (χ2n) is 14.9. The molecule has 0 N–H and O–H groups in total. The lowest BCUT2D eigenvalue weighted by molar-refractivity contribution is 1.28. The van der Waals surface area contributed by atoms with Crippen molar-refractivity contribution in [2.75, 3.05) is 4.90 Å². The van der Waals surface area contributed by atoms with Crippen molar-refractivity contribution in [3.63, 3.8) is 0 Å². The molecule has 0 saturated heterocycles. The summed E-state index contributed by atoms with van der Waals surface area (Å²) in [6.45, 7) is 0. The molecular formula is C56H37NS. The third-order valence-corrected chi connectivity index (χ3v) is 12.7. The first kappa shape index (κ1) is 34.0. The zero-order chi connectivity index (χ0) is 38.4. The molecule has 1 aromatic heterocycles. The average Bonchev–Trinajstić information content (AvgIpc) is 3.69. The maximum atomic E-state index is 2.41. The number of benzene rings is 10. The SMILES string of the molecule is c1cc(-c2ccc(N(c3ccc(-c4cccc5c4sc4ccccc45)cc3)c3ccccc3-c3cccc4ccccc34)cc2)cc(-c2cccc3ccccc23)c1. The molecule has 0 spiro atoms. The summed E-state index contributed by atoms with van der Waals surface area (Å²) in [5.74, 6) is 0. The van der Waals surface area contributed by atoms with E-state index in [1.165, 1.54) is 86.2 Å². The Bertz CT molecular complexity index is 3270. The minimum absolute atomic E-state index is 1.10. The summed E-state index contributed by atoms with van der Waals surface area (Å²) in [7, 11) is 0. The summed E-state index contributed by atoms with van der Waals surface area (Å²) in [6.07, 6.45) is 0. The van der Waals surface area contributed by atoms with Gasteiger partial charge in [-0.05, 0) is 103 Å². The molecule has 0 saturated carbocycles. The van der Waals surface area contributed by atoms with Crippen molar-refractivity contribution in [1.82, 2.24) is 0 Å². The predicted octanol–water partition coefficient (Wildman–Crippen LogP) is 16.5. The van der Waals surface area contributed by atoms with Gasteiger partial charge < -0.3 is 4.90 Å². The molecule has 2 heteroatoms. The Labute approximate surface area is 342 Å². The molecule has 11 aromatic rings. The van der Waals surface area contributed by atoms with Gasteiger partial charge in [-0.25, -0.2) is 0 Å². The highest BCUT2D eigenvalue weighted by Gasteiger charge is 2.19. The van der Waals surface area contributed by atoms with Crippen LogP contribution in [0.25, 0.3) is 86.2 Å². The van der Waals surface area contributed by atoms with E-state index in [2.05, 4.69) is 229 Å². The topological polar surface area (TPSA) is 3.24 Å². The minimum atomic E-state index is 1.10. The molecule has 0 aliphatic carbocycles. The molecular weight excluding hydrogens is 719 g/mol. The van der Waals surface area contributed by atoms with Crippen molar-refractivity contribution in [3.8, 4) is 44.5 Å². The van der Waals surface area contributed by atoms with Crippen LogP contribution < -0.4 is 4.90 Å². The minimum Gasteiger partial charge on any atom is -0.310 e. The van der Waals surface area contributed by atoms with Gasteiger partial charge in [0.2, 0.25) is 0 Å². The number of thiophene rings is 1. The quantitative estimate of drug-likeness (QED) is 0.157. The van der Waals surface area contributed by atoms with Gasteiger partial charge in [0.25, 0.3) is 0 Å². The Kier molecular flexibility index (Phi) is 8.42. The summed E-state index contributed by atoms with van der Waals surface area (Å²) in [6, 6.07) is 81.9. The highest BCUT2D eigenvalue weighted by molar-refractivity contribution is 7.26. The Hall–Kier alpha value is -7.26. The molecule has 0 fully saturated rings. The Morgan fingerprint density at radius 2 is 0.793 bits per heavy atom. The standard InChI is InChI=1S/C56H37NS/c1-3-19-46-39(13-1)15-10-23-48(46)43-18-9-17-42(37-43)38-29-33-44(34-30-38)57(54-27-7-5-21-51(54)50-25-11-16-40-14-2-4-20-47(40)50)45-35-31-41(32-36-45)49-24-12-26-53-52-22-6-8-28-55(52)58-56(49)53/h1-37H. The first-order chi connectivity index (χ1) is 28.8. The van der Waals surface area contributed by atoms with E-state index in [0.717, 1.165) is 17.1 Å². The zero-order valence-corrected chi connectivity index (χ0v) is 32.5. The van der Waals surface area contributed by atoms with E-state index in [1.54, 1.807) is 0 Å². The Balaban J connectivity index is 1.03. The molecule has 0 aliphatic heterocycles. The number of hydrogen-bond donors (Lipinski definition) is 0. The van der Waals surface area contributed by atoms with Crippen molar-refractivity contribution in [3.05, 3.63) is 224 Å². The second-order valence-corrected chi connectivity index (χ2v) is 15.9. The van der Waals surface area contributed by atoms with Crippen molar-refractivity contribution >= 4 is 70.1 Å². The van der Waals surface area contributed by atoms with Crippen LogP contribution >= 0.6 is 11.3 Å². The van der Waals surface area contributed by atoms with Crippen molar-refractivity contribution in [2.45, 2.75) is 0 Å². The van der Waals surface area contributed by atoms with Gasteiger partial charge in [-0.3, -0.25) is 0 Å². The van der Waals surface area contributed by atoms with E-state index in [0.29, 0.717) is 0 Å². The second kappa shape index (κ2) is 14.4. The number of fused-ring (bicyclic) bond motifs is 5. The molecule has 0 radical (unpaired) electrons. The third-order valence-electron chi connectivity index (χ3n) is 11.5. The molecule has 1 nitrogen and oxygen atoms in total. The van der Waals surface area contributed by atoms with Crippen molar-refractivity contribution < 1.29 is 0 Å². The summed E-state index contributed by atoms with van der Waals surface area (Å²) in [4.78, 5) is 2.41. The number of rotatable bonds is 7. The van der Waals surface area contributed by atoms with Gasteiger partial charge in [-0.1, -0.05) is 182 Å². The Morgan fingerprint density at radius 3 is 1.55 bits per heavy atom. The monoisotopic (exact) mass is 755 g/mol. The van der Waals surface area contributed by atoms with Crippen LogP contribution in [0.4, 0.5) is 17.1 Å². The van der Waals surface area contributed by atoms with Gasteiger partial charge in [0.1, 0.15) is 0 Å². The highest BCUT2D eigenvalue weighted by atomic mass is 32.1. The largest absolute Gasteiger partial charge is 0.310 e. The van der Waals surface area contributed by atoms with Crippen LogP contribution in [0.3, 0.4) is 0 Å². The molecule has 11 rings (SSSR count). The van der Waals surface area contributed by atoms with Gasteiger partial charge in [0, 0.05) is 37.1 Å². The van der Waals surface area contributed by atoms with Gasteiger partial charge in [-0.15, -0.1) is 11.3 Å². The molecule has 0 bridgehead atoms. The van der Waals surface area contributed by atoms with Crippen molar-refractivity contribution in [1.29, 1.82) is 0 Å². The summed E-state index contributed by atoms with van der Waals surface area (Å²) < 4.78 is 2.65. The van der Waals surface area contributed by atoms with Crippen LogP contribution in [0, 0.1) is 0 Å². The van der Waals surface area contributed by atoms with E-state index >= 15 is 0 Å². The lowest BCUT2D eigenvalue weighted by Gasteiger charge is -2.28. The third kappa shape index (κ3) is 5.94. The average molecular weight is 756 g/mol. The summed E-state index contributed by atoms with van der Waals surface area (Å²) in [5.41, 5.74) is 13.1. The number of anilines is 3. The normalized spacial score (nSPS) is 11.4. The van der Waals surface area contributed by atoms with Gasteiger partial charge in [0.05, 0.1) is 5.69 Å². The fourth-order valence-corrected chi connectivity index (χ4v) is 9.93. The molecule has 0 atom stereocenters. The lowest BCUT2D eigenvalue weighted by atomic mass is 9.95. The molecule has 0 amide bonds. The molecule has 10 aromatic carbocycles. The fourth-order valence-electron chi connectivity index (χ4n) is 8.69. The highest BCUT2D eigenvalue weighted by Crippen LogP contribution is 2.45. The molecule has 58 heavy (non-hydrogen) atoms. The van der Waals surface area contributed by atoms with Gasteiger partial charge in [0.15, 0.2) is 0 Å². The molecule has 1 heterocycles. The lowest BCUT2D eigenvalue weighted by Crippen LogP contribution is -2.11. The number of para-hydroxylation sites is 1. The van der Waals surface area contributed by atoms with Crippen LogP contribution in [0.5, 0.6) is 0 Å². The van der Waals surface area contributed by atoms with Crippen LogP contribution in [0.15, 0.2) is 224 Å². The van der Waals surface area contributed by atoms with E-state index in [4.69, 9.17) is 0 Å². The van der Waals surface area contributed by atoms with E-state index in [9.17, 15) is 0 Å². The Morgan fingerprint density at radius 1 is 0.293 bits per heavy atom. The van der Waals surface area contributed by atoms with Crippen LogP contribution in [-0.2, 0) is 0 Å². The predicted molar refractivity (Wildman–Crippen MR) is 251 cm³/mol. The number of hydrogen-bond acceptors (Lipinski definition) is 2. The van der Waals surface area contributed by atoms with E-state index in [1.807, 2.05) is 11.3 Å². The zero-order valence-electron chi connectivity index (χ0n) is 31.7. The van der Waals surface area contributed by atoms with E-state index < -0.39 is 0 Å². The maximum absolute atomic E-state index is 2.41. The van der Waals surface area contributed by atoms with Crippen molar-refractivity contribution in [2.24, 2.45) is 0 Å². The van der Waals surface area contributed by atoms with E-state index in [-0.39, 0.29) is 0 Å². The van der Waals surface area contributed by atoms with Crippen LogP contribution in [-0.4, -0.2) is 0 Å². The molecule has 0 aliphatic rings. The summed E-state index contributed by atoms with van der Waals surface area (Å²) >= 11 is 1.88. The molecule has 0 unspecified atom stereocenters. The van der Waals surface area contributed by atoms with Crippen LogP contribution in [0.2, 0.25) is 0 Å². The first-order valence-corrected chi connectivity index (χ1v) is 20.7. The summed E-state index contributed by atoms with van der Waals surface area (Å²) in [5, 5.41) is 7.63. The fraction of sp³-hybridized carbons (Fsp3) is 0. The smallest absolute Gasteiger partial charge is 0.0540 e. The number of nitrogens with zero attached hydrogens (tertiary/aromatic N) is 1. The van der Waals surface area contributed by atoms with Gasteiger partial charge >= 0.3 is 0 Å². The molecule has 272 valence electrons. The van der Waals surface area contributed by atoms with Crippen LogP contribution in [0.1, 0.15) is 0 Å².